The Balaban J connectivity index is 2.20. The van der Waals surface area contributed by atoms with Crippen LogP contribution in [-0.4, -0.2) is 19.0 Å². The van der Waals surface area contributed by atoms with E-state index in [1.807, 2.05) is 0 Å². The Hall–Kier alpha value is -0.370. The van der Waals surface area contributed by atoms with Gasteiger partial charge in [-0.25, -0.2) is 0 Å². The highest BCUT2D eigenvalue weighted by atomic mass is 16.5. The third-order valence-corrected chi connectivity index (χ3v) is 3.82. The molecule has 2 nitrogen and oxygen atoms in total. The molecule has 0 aliphatic heterocycles. The molecule has 0 N–H and O–H groups in total. The molecule has 0 amide bonds. The molecule has 13 heavy (non-hydrogen) atoms. The Morgan fingerprint density at radius 2 is 2.08 bits per heavy atom. The quantitative estimate of drug-likeness (QED) is 0.622. The van der Waals surface area contributed by atoms with Crippen LogP contribution in [0, 0.1) is 5.41 Å². The minimum absolute atomic E-state index is 0.0625. The first-order valence-corrected chi connectivity index (χ1v) is 5.36. The summed E-state index contributed by atoms with van der Waals surface area (Å²) < 4.78 is 5.48. The van der Waals surface area contributed by atoms with Gasteiger partial charge in [-0.05, 0) is 25.7 Å². The monoisotopic (exact) mass is 182 g/mol. The van der Waals surface area contributed by atoms with E-state index in [-0.39, 0.29) is 11.5 Å². The molecule has 2 heteroatoms. The fraction of sp³-hybridized carbons (Fsp3) is 0.909. The van der Waals surface area contributed by atoms with Crippen molar-refractivity contribution >= 4 is 5.78 Å². The minimum Gasteiger partial charge on any atom is -0.380 e. The number of carbonyl (C=O) groups is 1. The van der Waals surface area contributed by atoms with Crippen molar-refractivity contribution in [1.29, 1.82) is 0 Å². The first kappa shape index (κ1) is 9.20. The predicted molar refractivity (Wildman–Crippen MR) is 50.6 cm³/mol. The number of ether oxygens (including phenoxy) is 1. The number of Topliss-reactive ketones (excluding diaryl/α,β-unsaturated/α-hetero) is 1. The van der Waals surface area contributed by atoms with Crippen molar-refractivity contribution < 1.29 is 9.53 Å². The summed E-state index contributed by atoms with van der Waals surface area (Å²) in [6, 6.07) is 0. The molecule has 1 spiro atoms. The zero-order valence-electron chi connectivity index (χ0n) is 8.34. The third-order valence-electron chi connectivity index (χ3n) is 3.82. The van der Waals surface area contributed by atoms with E-state index in [4.69, 9.17) is 4.74 Å². The van der Waals surface area contributed by atoms with Gasteiger partial charge in [-0.2, -0.15) is 0 Å². The highest BCUT2D eigenvalue weighted by molar-refractivity contribution is 5.87. The van der Waals surface area contributed by atoms with Gasteiger partial charge in [0.25, 0.3) is 0 Å². The van der Waals surface area contributed by atoms with Gasteiger partial charge in [0, 0.05) is 13.5 Å². The van der Waals surface area contributed by atoms with Crippen LogP contribution < -0.4 is 0 Å². The standard InChI is InChI=1S/C11H18O2/c1-13-10-6-2-3-7-11(10)8-4-5-9(11)12/h10H,2-8H2,1H3/t10-,11+/m1/s1. The van der Waals surface area contributed by atoms with Gasteiger partial charge in [0.15, 0.2) is 0 Å². The average Bonchev–Trinajstić information content (AvgIpc) is 2.50. The first-order chi connectivity index (χ1) is 6.29. The van der Waals surface area contributed by atoms with E-state index >= 15 is 0 Å². The maximum Gasteiger partial charge on any atom is 0.141 e. The first-order valence-electron chi connectivity index (χ1n) is 5.36. The van der Waals surface area contributed by atoms with Gasteiger partial charge >= 0.3 is 0 Å². The summed E-state index contributed by atoms with van der Waals surface area (Å²) >= 11 is 0. The molecule has 2 rings (SSSR count). The van der Waals surface area contributed by atoms with Gasteiger partial charge in [0.2, 0.25) is 0 Å². The lowest BCUT2D eigenvalue weighted by atomic mass is 9.70. The van der Waals surface area contributed by atoms with E-state index in [1.54, 1.807) is 7.11 Å². The molecular formula is C11H18O2. The van der Waals surface area contributed by atoms with Crippen molar-refractivity contribution in [3.8, 4) is 0 Å². The van der Waals surface area contributed by atoms with E-state index < -0.39 is 0 Å². The summed E-state index contributed by atoms with van der Waals surface area (Å²) in [4.78, 5) is 11.8. The lowest BCUT2D eigenvalue weighted by Gasteiger charge is -2.38. The Morgan fingerprint density at radius 3 is 2.69 bits per heavy atom. The number of rotatable bonds is 1. The molecule has 0 heterocycles. The average molecular weight is 182 g/mol. The van der Waals surface area contributed by atoms with Crippen LogP contribution in [0.15, 0.2) is 0 Å². The van der Waals surface area contributed by atoms with Crippen molar-refractivity contribution in [2.45, 2.75) is 51.0 Å². The SMILES string of the molecule is CO[C@@H]1CCCC[C@@]12CCCC2=O. The van der Waals surface area contributed by atoms with Crippen molar-refractivity contribution in [3.63, 3.8) is 0 Å². The van der Waals surface area contributed by atoms with Crippen molar-refractivity contribution in [1.82, 2.24) is 0 Å². The fourth-order valence-corrected chi connectivity index (χ4v) is 3.11. The van der Waals surface area contributed by atoms with E-state index in [9.17, 15) is 4.79 Å². The van der Waals surface area contributed by atoms with Gasteiger partial charge in [-0.15, -0.1) is 0 Å². The lowest BCUT2D eigenvalue weighted by molar-refractivity contribution is -0.137. The summed E-state index contributed by atoms with van der Waals surface area (Å²) in [6.45, 7) is 0. The Bertz CT molecular complexity index is 212. The number of carbonyl (C=O) groups excluding carboxylic acids is 1. The van der Waals surface area contributed by atoms with Gasteiger partial charge in [0.05, 0.1) is 11.5 Å². The normalized spacial score (nSPS) is 40.1. The molecular weight excluding hydrogens is 164 g/mol. The van der Waals surface area contributed by atoms with Crippen molar-refractivity contribution in [2.75, 3.05) is 7.11 Å². The van der Waals surface area contributed by atoms with Crippen LogP contribution in [0.1, 0.15) is 44.9 Å². The van der Waals surface area contributed by atoms with Crippen LogP contribution in [0.25, 0.3) is 0 Å². The summed E-state index contributed by atoms with van der Waals surface area (Å²) in [6.07, 6.45) is 7.77. The molecule has 2 saturated carbocycles. The van der Waals surface area contributed by atoms with Crippen LogP contribution in [0.2, 0.25) is 0 Å². The molecule has 74 valence electrons. The van der Waals surface area contributed by atoms with Gasteiger partial charge in [0.1, 0.15) is 5.78 Å². The van der Waals surface area contributed by atoms with Gasteiger partial charge in [-0.1, -0.05) is 12.8 Å². The molecule has 0 aromatic heterocycles. The predicted octanol–water partition coefficient (Wildman–Crippen LogP) is 2.31. The molecule has 0 radical (unpaired) electrons. The summed E-state index contributed by atoms with van der Waals surface area (Å²) in [7, 11) is 1.75. The summed E-state index contributed by atoms with van der Waals surface area (Å²) in [5, 5.41) is 0. The molecule has 2 aliphatic rings. The van der Waals surface area contributed by atoms with Gasteiger partial charge < -0.3 is 4.74 Å². The molecule has 0 saturated heterocycles. The third kappa shape index (κ3) is 1.32. The number of hydrogen-bond donors (Lipinski definition) is 0. The van der Waals surface area contributed by atoms with E-state index in [2.05, 4.69) is 0 Å². The number of hydrogen-bond acceptors (Lipinski definition) is 2. The summed E-state index contributed by atoms with van der Waals surface area (Å²) in [5.74, 6) is 0.471. The molecule has 2 atom stereocenters. The van der Waals surface area contributed by atoms with Crippen LogP contribution in [-0.2, 0) is 9.53 Å². The maximum absolute atomic E-state index is 11.8. The zero-order valence-corrected chi connectivity index (χ0v) is 8.34. The second-order valence-electron chi connectivity index (χ2n) is 4.40. The Kier molecular flexibility index (Phi) is 2.41. The molecule has 0 aromatic carbocycles. The van der Waals surface area contributed by atoms with Crippen LogP contribution in [0.3, 0.4) is 0 Å². The van der Waals surface area contributed by atoms with Crippen molar-refractivity contribution in [3.05, 3.63) is 0 Å². The van der Waals surface area contributed by atoms with Crippen molar-refractivity contribution in [2.24, 2.45) is 5.41 Å². The minimum atomic E-state index is -0.0625. The Morgan fingerprint density at radius 1 is 1.31 bits per heavy atom. The number of ketones is 1. The molecule has 2 fully saturated rings. The molecule has 0 bridgehead atoms. The smallest absolute Gasteiger partial charge is 0.141 e. The molecule has 0 aromatic rings. The van der Waals surface area contributed by atoms with Crippen LogP contribution in [0.5, 0.6) is 0 Å². The summed E-state index contributed by atoms with van der Waals surface area (Å²) in [5.41, 5.74) is -0.0625. The second kappa shape index (κ2) is 3.41. The zero-order chi connectivity index (χ0) is 9.31. The lowest BCUT2D eigenvalue weighted by Crippen LogP contribution is -2.42. The highest BCUT2D eigenvalue weighted by Crippen LogP contribution is 2.47. The number of methoxy groups -OCH3 is 1. The Labute approximate surface area is 79.7 Å². The van der Waals surface area contributed by atoms with Gasteiger partial charge in [-0.3, -0.25) is 4.79 Å². The van der Waals surface area contributed by atoms with E-state index in [0.29, 0.717) is 5.78 Å². The topological polar surface area (TPSA) is 26.3 Å². The maximum atomic E-state index is 11.8. The largest absolute Gasteiger partial charge is 0.380 e. The van der Waals surface area contributed by atoms with E-state index in [1.165, 1.54) is 12.8 Å². The second-order valence-corrected chi connectivity index (χ2v) is 4.40. The van der Waals surface area contributed by atoms with E-state index in [0.717, 1.165) is 32.1 Å². The van der Waals surface area contributed by atoms with Crippen LogP contribution >= 0.6 is 0 Å². The molecule has 2 aliphatic carbocycles. The molecule has 0 unspecified atom stereocenters. The van der Waals surface area contributed by atoms with Crippen LogP contribution in [0.4, 0.5) is 0 Å². The fourth-order valence-electron chi connectivity index (χ4n) is 3.11. The highest BCUT2D eigenvalue weighted by Gasteiger charge is 2.49.